The fourth-order valence-corrected chi connectivity index (χ4v) is 17.7. The maximum Gasteiger partial charge on any atom is 0.573 e. The number of halogens is 42. The van der Waals surface area contributed by atoms with Crippen molar-refractivity contribution in [2.24, 2.45) is 0 Å². The highest BCUT2D eigenvalue weighted by Gasteiger charge is 2.35. The van der Waals surface area contributed by atoms with Crippen LogP contribution in [0.1, 0.15) is 27.9 Å². The summed E-state index contributed by atoms with van der Waals surface area (Å²) in [4.78, 5) is 3.08. The molecule has 1 heterocycles. The second-order valence-corrected chi connectivity index (χ2v) is 41.8. The minimum Gasteiger partial charge on any atom is -0.405 e. The largest absolute Gasteiger partial charge is 0.573 e. The maximum absolute atomic E-state index is 12.5. The minimum atomic E-state index is -4.64. The standard InChI is InChI=1S/C7H3BrF3IO.C7H6BrI.2C7H3F4I.C7H4F3I.C6H3BrClI.C6H3BrFI.C6H4BrI.C6H3Cl2I.C6H3ClF3N.2C6H3ClFI/c8-5-3-4(12)1-2-6(5)13-7(9,10)11;1-5-2-3-6(9)4-7(5)8;8-5-1-4(7(9,10)11)2-6(12)3-5;8-6-2-1-4(12)3-5(6)7(9,10)11;8-7(9,10)5-2-1-3-6(11)4-5;2*7-5-3-4(9)1-2-6(5)8;7-5-2-1-3-6(8)4-5;7-5-2-1-4(9)3-6(5)8;7-5-3-1-2-4(11-5)6(8,9)10;7-5-3-4(9)1-2-6(5)8;7-5-2-1-4(9)3-6(5)8/h1-3H;2-4H,1H3;2*1-3H;1-4H;2*1-3H;1-4H;1-3H;1-3H;2*1-3H. The van der Waals surface area contributed by atoms with Crippen molar-refractivity contribution in [3.8, 4) is 5.75 Å². The van der Waals surface area contributed by atoms with Crippen molar-refractivity contribution in [1.82, 2.24) is 4.98 Å². The third-order valence-electron chi connectivity index (χ3n) is 12.0. The lowest BCUT2D eigenvalue weighted by atomic mass is 10.2. The first-order valence-electron chi connectivity index (χ1n) is 30.8. The van der Waals surface area contributed by atoms with E-state index in [4.69, 9.17) is 69.6 Å². The molecule has 121 heavy (non-hydrogen) atoms. The van der Waals surface area contributed by atoms with Gasteiger partial charge in [-0.05, 0) is 515 Å². The molecule has 0 atom stereocenters. The van der Waals surface area contributed by atoms with Crippen molar-refractivity contribution in [3.63, 3.8) is 0 Å². The van der Waals surface area contributed by atoms with E-state index in [1.165, 1.54) is 75.3 Å². The van der Waals surface area contributed by atoms with Crippen LogP contribution in [0.5, 0.6) is 5.75 Å². The van der Waals surface area contributed by atoms with Gasteiger partial charge in [0.25, 0.3) is 0 Å². The van der Waals surface area contributed by atoms with Crippen molar-refractivity contribution < 1.29 is 92.5 Å². The summed E-state index contributed by atoms with van der Waals surface area (Å²) < 4.78 is 258. The van der Waals surface area contributed by atoms with Crippen LogP contribution in [0.4, 0.5) is 87.8 Å². The third-order valence-corrected chi connectivity index (χ3v) is 24.7. The van der Waals surface area contributed by atoms with Crippen LogP contribution in [0.15, 0.2) is 253 Å². The van der Waals surface area contributed by atoms with E-state index >= 15 is 0 Å². The Morgan fingerprint density at radius 1 is 0.289 bits per heavy atom. The summed E-state index contributed by atoms with van der Waals surface area (Å²) in [7, 11) is 0. The number of alkyl halides is 15. The topological polar surface area (TPSA) is 22.1 Å². The Morgan fingerprint density at radius 3 is 1.04 bits per heavy atom. The third kappa shape index (κ3) is 55.4. The molecule has 0 fully saturated rings. The van der Waals surface area contributed by atoms with E-state index in [1.807, 2.05) is 110 Å². The van der Waals surface area contributed by atoms with Gasteiger partial charge >= 0.3 is 31.1 Å². The van der Waals surface area contributed by atoms with Crippen LogP contribution < -0.4 is 4.74 Å². The molecule has 11 aromatic carbocycles. The Labute approximate surface area is 903 Å². The van der Waals surface area contributed by atoms with E-state index in [0.29, 0.717) is 27.7 Å². The summed E-state index contributed by atoms with van der Waals surface area (Å²) >= 11 is 71.6. The van der Waals surface area contributed by atoms with Gasteiger partial charge in [-0.3, -0.25) is 0 Å². The second-order valence-electron chi connectivity index (χ2n) is 21.4. The lowest BCUT2D eigenvalue weighted by molar-refractivity contribution is -0.275. The van der Waals surface area contributed by atoms with E-state index in [2.05, 4.69) is 262 Å². The molecular weight excluding hydrogens is 3340 g/mol. The van der Waals surface area contributed by atoms with Gasteiger partial charge in [0.05, 0.1) is 50.7 Å². The van der Waals surface area contributed by atoms with Gasteiger partial charge < -0.3 is 4.74 Å². The van der Waals surface area contributed by atoms with Crippen molar-refractivity contribution >= 4 is 398 Å². The number of pyridine rings is 1. The Morgan fingerprint density at radius 2 is 0.694 bits per heavy atom. The molecule has 654 valence electrons. The number of aromatic nitrogens is 1. The molecule has 0 unspecified atom stereocenters. The number of ether oxygens (including phenoxy) is 1. The lowest BCUT2D eigenvalue weighted by Gasteiger charge is -2.10. The monoisotopic (exact) mass is 3380 g/mol. The fourth-order valence-electron chi connectivity index (χ4n) is 6.73. The first-order valence-corrected chi connectivity index (χ1v) is 48.9. The van der Waals surface area contributed by atoms with Crippen molar-refractivity contribution in [2.45, 2.75) is 38.0 Å². The van der Waals surface area contributed by atoms with Gasteiger partial charge in [-0.25, -0.2) is 26.9 Å². The van der Waals surface area contributed by atoms with E-state index < -0.39 is 65.1 Å². The van der Waals surface area contributed by atoms with Gasteiger partial charge in [0, 0.05) is 52.7 Å². The minimum absolute atomic E-state index is 0.153. The summed E-state index contributed by atoms with van der Waals surface area (Å²) in [6.07, 6.45) is -22.4. The molecule has 0 N–H and O–H groups in total. The van der Waals surface area contributed by atoms with Gasteiger partial charge in [-0.2, -0.15) is 52.7 Å². The Balaban J connectivity index is 0.000000662. The molecule has 0 saturated heterocycles. The summed E-state index contributed by atoms with van der Waals surface area (Å²) in [5, 5.41) is 2.19. The molecule has 1 aromatic heterocycles. The number of rotatable bonds is 1. The highest BCUT2D eigenvalue weighted by molar-refractivity contribution is 14.1. The number of benzene rings is 11. The molecule has 0 aliphatic rings. The molecule has 0 bridgehead atoms. The summed E-state index contributed by atoms with van der Waals surface area (Å²) in [6, 6.07) is 58.1. The van der Waals surface area contributed by atoms with E-state index in [0.717, 1.165) is 74.3 Å². The highest BCUT2D eigenvalue weighted by atomic mass is 127. The number of nitrogens with zero attached hydrogens (tertiary/aromatic N) is 1. The zero-order valence-corrected chi connectivity index (χ0v) is 94.9. The molecule has 0 radical (unpaired) electrons. The average molecular weight is 3380 g/mol. The number of hydrogen-bond donors (Lipinski definition) is 0. The number of aryl methyl sites for hydroxylation is 1. The zero-order chi connectivity index (χ0) is 92.8. The fraction of sp³-hybridized carbons (Fsp3) is 0.0779. The summed E-state index contributed by atoms with van der Waals surface area (Å²) in [5.74, 6) is -3.26. The quantitative estimate of drug-likeness (QED) is 0.0707. The van der Waals surface area contributed by atoms with Gasteiger partial charge in [0.15, 0.2) is 0 Å². The molecule has 0 spiro atoms. The van der Waals surface area contributed by atoms with E-state index in [1.54, 1.807) is 99.8 Å². The lowest BCUT2D eigenvalue weighted by Crippen LogP contribution is -2.17. The molecule has 44 heteroatoms. The van der Waals surface area contributed by atoms with E-state index in [-0.39, 0.29) is 46.4 Å². The molecular formula is C77H41Br5Cl6F20I11NO. The molecule has 0 saturated carbocycles. The first kappa shape index (κ1) is 120. The van der Waals surface area contributed by atoms with Crippen LogP contribution in [-0.4, -0.2) is 11.3 Å². The average Bonchev–Trinajstić information content (AvgIpc) is 0.532. The van der Waals surface area contributed by atoms with Crippen LogP contribution >= 0.6 is 398 Å². The predicted molar refractivity (Wildman–Crippen MR) is 555 cm³/mol. The van der Waals surface area contributed by atoms with E-state index in [9.17, 15) is 87.8 Å². The van der Waals surface area contributed by atoms with Crippen LogP contribution in [0.3, 0.4) is 0 Å². The molecule has 0 aliphatic carbocycles. The van der Waals surface area contributed by atoms with Gasteiger partial charge in [0.1, 0.15) is 45.7 Å². The molecule has 0 amide bonds. The molecule has 0 aliphatic heterocycles. The molecule has 12 aromatic rings. The van der Waals surface area contributed by atoms with Crippen molar-refractivity contribution in [1.29, 1.82) is 0 Å². The van der Waals surface area contributed by atoms with Crippen LogP contribution in [-0.2, 0) is 24.7 Å². The van der Waals surface area contributed by atoms with Gasteiger partial charge in [-0.1, -0.05) is 126 Å². The summed E-state index contributed by atoms with van der Waals surface area (Å²) in [6.45, 7) is 2.08. The van der Waals surface area contributed by atoms with Crippen molar-refractivity contribution in [3.05, 3.63) is 379 Å². The van der Waals surface area contributed by atoms with Gasteiger partial charge in [-0.15, -0.1) is 13.2 Å². The smallest absolute Gasteiger partial charge is 0.405 e. The first-order chi connectivity index (χ1) is 55.7. The van der Waals surface area contributed by atoms with Crippen LogP contribution in [0.25, 0.3) is 0 Å². The maximum atomic E-state index is 12.5. The predicted octanol–water partition coefficient (Wildman–Crippen LogP) is 40.0. The Kier molecular flexibility index (Phi) is 60.0. The molecule has 2 nitrogen and oxygen atoms in total. The normalized spacial score (nSPS) is 10.6. The molecule has 12 rings (SSSR count). The van der Waals surface area contributed by atoms with Crippen LogP contribution in [0, 0.1) is 75.3 Å². The van der Waals surface area contributed by atoms with Crippen molar-refractivity contribution in [2.75, 3.05) is 0 Å². The zero-order valence-electron chi connectivity index (χ0n) is 58.7. The van der Waals surface area contributed by atoms with Gasteiger partial charge in [0.2, 0.25) is 0 Å². The Hall–Kier alpha value is 1.14. The second kappa shape index (κ2) is 60.4. The summed E-state index contributed by atoms with van der Waals surface area (Å²) in [5.41, 5.74) is -2.44. The highest BCUT2D eigenvalue weighted by Crippen LogP contribution is 2.36. The SMILES string of the molecule is Brc1cccc(I)c1.Cc1ccc(I)cc1Br.Clc1ccc(I)cc1Br.Clc1ccc(I)cc1Cl.FC(F)(F)Oc1ccc(I)cc1Br.FC(F)(F)c1cccc(Cl)n1.FC(F)(F)c1cccc(I)c1.Fc1cc(I)cc(C(F)(F)F)c1.Fc1cc(I)ccc1Cl.Fc1ccc(I)cc1Br.Fc1ccc(I)cc1C(F)(F)F.Fc1ccc(I)cc1Cl. The Bertz CT molecular complexity index is 4780. The number of hydrogen-bond acceptors (Lipinski definition) is 2. The van der Waals surface area contributed by atoms with Crippen LogP contribution in [0.2, 0.25) is 30.3 Å².